The Morgan fingerprint density at radius 3 is 2.59 bits per heavy atom. The average Bonchev–Trinajstić information content (AvgIpc) is 3.29. The van der Waals surface area contributed by atoms with Gasteiger partial charge in [0.2, 0.25) is 4.96 Å². The van der Waals surface area contributed by atoms with Crippen molar-refractivity contribution in [3.8, 4) is 22.1 Å². The van der Waals surface area contributed by atoms with Crippen LogP contribution in [0, 0.1) is 0 Å². The highest BCUT2D eigenvalue weighted by Crippen LogP contribution is 2.39. The van der Waals surface area contributed by atoms with Gasteiger partial charge in [-0.2, -0.15) is 9.61 Å². The van der Waals surface area contributed by atoms with Crippen molar-refractivity contribution in [1.29, 1.82) is 0 Å². The SMILES string of the molecule is COc1cccc(-c2nn3c(CSCc4ccccc4)nnc3s2)c1OC. The van der Waals surface area contributed by atoms with Gasteiger partial charge in [0.15, 0.2) is 22.3 Å². The summed E-state index contributed by atoms with van der Waals surface area (Å²) in [5, 5.41) is 14.1. The number of nitrogens with zero attached hydrogens (tertiary/aromatic N) is 4. The number of thioether (sulfide) groups is 1. The maximum Gasteiger partial charge on any atom is 0.235 e. The Morgan fingerprint density at radius 1 is 0.963 bits per heavy atom. The minimum atomic E-state index is 0.671. The molecule has 0 radical (unpaired) electrons. The fraction of sp³-hybridized carbons (Fsp3) is 0.211. The van der Waals surface area contributed by atoms with E-state index in [-0.39, 0.29) is 0 Å². The normalized spacial score (nSPS) is 11.0. The van der Waals surface area contributed by atoms with Gasteiger partial charge in [0.05, 0.1) is 25.5 Å². The molecule has 4 rings (SSSR count). The molecule has 0 fully saturated rings. The number of fused-ring (bicyclic) bond motifs is 1. The maximum atomic E-state index is 5.53. The zero-order valence-corrected chi connectivity index (χ0v) is 16.6. The first-order valence-electron chi connectivity index (χ1n) is 8.34. The Labute approximate surface area is 165 Å². The summed E-state index contributed by atoms with van der Waals surface area (Å²) in [6.45, 7) is 0. The third kappa shape index (κ3) is 3.63. The molecular weight excluding hydrogens is 380 g/mol. The van der Waals surface area contributed by atoms with Gasteiger partial charge in [-0.3, -0.25) is 0 Å². The second-order valence-electron chi connectivity index (χ2n) is 5.74. The first-order chi connectivity index (χ1) is 13.3. The number of methoxy groups -OCH3 is 2. The molecule has 0 spiro atoms. The second kappa shape index (κ2) is 7.98. The predicted octanol–water partition coefficient (Wildman–Crippen LogP) is 4.30. The van der Waals surface area contributed by atoms with Crippen molar-refractivity contribution in [3.63, 3.8) is 0 Å². The van der Waals surface area contributed by atoms with Crippen molar-refractivity contribution in [2.75, 3.05) is 14.2 Å². The molecule has 0 amide bonds. The highest BCUT2D eigenvalue weighted by molar-refractivity contribution is 7.97. The number of aromatic nitrogens is 4. The Hall–Kier alpha value is -2.58. The summed E-state index contributed by atoms with van der Waals surface area (Å²) in [5.74, 6) is 3.87. The molecule has 0 saturated carbocycles. The van der Waals surface area contributed by atoms with Gasteiger partial charge in [0.1, 0.15) is 0 Å². The van der Waals surface area contributed by atoms with E-state index in [2.05, 4.69) is 34.5 Å². The minimum Gasteiger partial charge on any atom is -0.493 e. The summed E-state index contributed by atoms with van der Waals surface area (Å²) in [5.41, 5.74) is 2.18. The minimum absolute atomic E-state index is 0.671. The monoisotopic (exact) mass is 398 g/mol. The molecule has 0 bridgehead atoms. The quantitative estimate of drug-likeness (QED) is 0.462. The van der Waals surface area contributed by atoms with E-state index in [1.807, 2.05) is 28.8 Å². The summed E-state index contributed by atoms with van der Waals surface area (Å²) in [6.07, 6.45) is 0. The van der Waals surface area contributed by atoms with Gasteiger partial charge in [-0.15, -0.1) is 22.0 Å². The predicted molar refractivity (Wildman–Crippen MR) is 109 cm³/mol. The van der Waals surface area contributed by atoms with Crippen LogP contribution in [0.15, 0.2) is 48.5 Å². The number of hydrogen-bond donors (Lipinski definition) is 0. The van der Waals surface area contributed by atoms with Gasteiger partial charge in [-0.25, -0.2) is 0 Å². The number of para-hydroxylation sites is 1. The van der Waals surface area contributed by atoms with Gasteiger partial charge >= 0.3 is 0 Å². The van der Waals surface area contributed by atoms with E-state index in [1.54, 1.807) is 26.0 Å². The van der Waals surface area contributed by atoms with Crippen molar-refractivity contribution in [2.24, 2.45) is 0 Å². The fourth-order valence-corrected chi connectivity index (χ4v) is 4.52. The fourth-order valence-electron chi connectivity index (χ4n) is 2.75. The van der Waals surface area contributed by atoms with Crippen LogP contribution in [0.4, 0.5) is 0 Å². The Balaban J connectivity index is 1.57. The molecule has 2 heterocycles. The molecule has 6 nitrogen and oxygen atoms in total. The largest absolute Gasteiger partial charge is 0.493 e. The molecule has 138 valence electrons. The van der Waals surface area contributed by atoms with E-state index < -0.39 is 0 Å². The topological polar surface area (TPSA) is 61.5 Å². The molecule has 2 aromatic carbocycles. The zero-order valence-electron chi connectivity index (χ0n) is 15.0. The van der Waals surface area contributed by atoms with Crippen LogP contribution in [-0.4, -0.2) is 34.0 Å². The molecule has 0 aliphatic heterocycles. The van der Waals surface area contributed by atoms with E-state index in [1.165, 1.54) is 16.9 Å². The zero-order chi connectivity index (χ0) is 18.6. The van der Waals surface area contributed by atoms with E-state index in [9.17, 15) is 0 Å². The van der Waals surface area contributed by atoms with Crippen LogP contribution in [0.5, 0.6) is 11.5 Å². The number of ether oxygens (including phenoxy) is 2. The van der Waals surface area contributed by atoms with E-state index in [0.717, 1.165) is 32.9 Å². The van der Waals surface area contributed by atoms with Gasteiger partial charge in [0, 0.05) is 5.75 Å². The van der Waals surface area contributed by atoms with E-state index >= 15 is 0 Å². The van der Waals surface area contributed by atoms with Gasteiger partial charge in [-0.05, 0) is 17.7 Å². The molecule has 4 aromatic rings. The highest BCUT2D eigenvalue weighted by Gasteiger charge is 2.18. The standard InChI is InChI=1S/C19H18N4O2S2/c1-24-15-10-6-9-14(17(15)25-2)18-22-23-16(20-21-19(23)27-18)12-26-11-13-7-4-3-5-8-13/h3-10H,11-12H2,1-2H3. The van der Waals surface area contributed by atoms with Crippen LogP contribution in [-0.2, 0) is 11.5 Å². The Morgan fingerprint density at radius 2 is 1.81 bits per heavy atom. The lowest BCUT2D eigenvalue weighted by atomic mass is 10.2. The van der Waals surface area contributed by atoms with Crippen molar-refractivity contribution >= 4 is 28.1 Å². The highest BCUT2D eigenvalue weighted by atomic mass is 32.2. The lowest BCUT2D eigenvalue weighted by molar-refractivity contribution is 0.356. The van der Waals surface area contributed by atoms with Gasteiger partial charge in [0.25, 0.3) is 0 Å². The van der Waals surface area contributed by atoms with Gasteiger partial charge in [-0.1, -0.05) is 47.7 Å². The van der Waals surface area contributed by atoms with Crippen LogP contribution < -0.4 is 9.47 Å². The second-order valence-corrected chi connectivity index (χ2v) is 7.68. The van der Waals surface area contributed by atoms with Crippen LogP contribution in [0.1, 0.15) is 11.4 Å². The first kappa shape index (κ1) is 17.8. The molecule has 27 heavy (non-hydrogen) atoms. The smallest absolute Gasteiger partial charge is 0.235 e. The lowest BCUT2D eigenvalue weighted by Crippen LogP contribution is -1.96. The summed E-state index contributed by atoms with van der Waals surface area (Å²) in [6, 6.07) is 16.2. The summed E-state index contributed by atoms with van der Waals surface area (Å²) < 4.78 is 12.7. The number of hydrogen-bond acceptors (Lipinski definition) is 7. The number of benzene rings is 2. The molecular formula is C19H18N4O2S2. The van der Waals surface area contributed by atoms with Crippen molar-refractivity contribution in [2.45, 2.75) is 11.5 Å². The van der Waals surface area contributed by atoms with Crippen molar-refractivity contribution in [3.05, 3.63) is 59.9 Å². The van der Waals surface area contributed by atoms with Crippen LogP contribution in [0.3, 0.4) is 0 Å². The van der Waals surface area contributed by atoms with Crippen molar-refractivity contribution in [1.82, 2.24) is 19.8 Å². The molecule has 0 atom stereocenters. The number of rotatable bonds is 7. The van der Waals surface area contributed by atoms with E-state index in [4.69, 9.17) is 14.6 Å². The summed E-state index contributed by atoms with van der Waals surface area (Å²) >= 11 is 3.28. The van der Waals surface area contributed by atoms with E-state index in [0.29, 0.717) is 11.5 Å². The Kier molecular flexibility index (Phi) is 5.26. The first-order valence-corrected chi connectivity index (χ1v) is 10.3. The third-order valence-corrected chi connectivity index (χ3v) is 5.96. The van der Waals surface area contributed by atoms with Crippen molar-refractivity contribution < 1.29 is 9.47 Å². The Bertz CT molecular complexity index is 1050. The van der Waals surface area contributed by atoms with Crippen LogP contribution in [0.2, 0.25) is 0 Å². The summed E-state index contributed by atoms with van der Waals surface area (Å²) in [7, 11) is 3.26. The molecule has 0 saturated heterocycles. The lowest BCUT2D eigenvalue weighted by Gasteiger charge is -2.10. The summed E-state index contributed by atoms with van der Waals surface area (Å²) in [4.78, 5) is 0.769. The molecule has 8 heteroatoms. The van der Waals surface area contributed by atoms with Crippen LogP contribution in [0.25, 0.3) is 15.5 Å². The maximum absolute atomic E-state index is 5.53. The van der Waals surface area contributed by atoms with Crippen LogP contribution >= 0.6 is 23.1 Å². The average molecular weight is 399 g/mol. The molecule has 2 aromatic heterocycles. The molecule has 0 N–H and O–H groups in total. The van der Waals surface area contributed by atoms with Gasteiger partial charge < -0.3 is 9.47 Å². The molecule has 0 aliphatic rings. The third-order valence-electron chi connectivity index (χ3n) is 4.03. The molecule has 0 aliphatic carbocycles. The molecule has 0 unspecified atom stereocenters.